The van der Waals surface area contributed by atoms with Crippen molar-refractivity contribution in [3.63, 3.8) is 0 Å². The van der Waals surface area contributed by atoms with Gasteiger partial charge < -0.3 is 9.67 Å². The van der Waals surface area contributed by atoms with E-state index in [-0.39, 0.29) is 5.82 Å². The Kier molecular flexibility index (Phi) is 5.60. The van der Waals surface area contributed by atoms with Crippen LogP contribution in [0, 0.1) is 5.82 Å². The van der Waals surface area contributed by atoms with Crippen molar-refractivity contribution >= 4 is 0 Å². The largest absolute Gasteiger partial charge is 0.387 e. The van der Waals surface area contributed by atoms with Crippen LogP contribution < -0.4 is 0 Å². The van der Waals surface area contributed by atoms with Crippen LogP contribution in [0.2, 0.25) is 0 Å². The minimum absolute atomic E-state index is 0.338. The molecule has 1 atom stereocenters. The number of piperazine rings is 1. The molecule has 0 aliphatic carbocycles. The van der Waals surface area contributed by atoms with E-state index >= 15 is 0 Å². The van der Waals surface area contributed by atoms with E-state index in [2.05, 4.69) is 26.3 Å². The lowest BCUT2D eigenvalue weighted by molar-refractivity contribution is 0.0673. The summed E-state index contributed by atoms with van der Waals surface area (Å²) in [6.45, 7) is 7.98. The third-order valence-electron chi connectivity index (χ3n) is 4.67. The minimum Gasteiger partial charge on any atom is -0.387 e. The van der Waals surface area contributed by atoms with Crippen molar-refractivity contribution < 1.29 is 9.50 Å². The van der Waals surface area contributed by atoms with Gasteiger partial charge in [0.05, 0.1) is 12.6 Å². The van der Waals surface area contributed by atoms with E-state index in [9.17, 15) is 9.50 Å². The molecule has 0 radical (unpaired) electrons. The van der Waals surface area contributed by atoms with Gasteiger partial charge in [-0.1, -0.05) is 18.2 Å². The molecule has 2 aromatic rings. The van der Waals surface area contributed by atoms with E-state index in [0.29, 0.717) is 12.1 Å². The maximum absolute atomic E-state index is 13.7. The van der Waals surface area contributed by atoms with E-state index in [1.807, 2.05) is 12.4 Å². The normalized spacial score (nSPS) is 18.0. The Labute approximate surface area is 142 Å². The number of hydrogen-bond acceptors (Lipinski definition) is 4. The molecule has 1 aliphatic heterocycles. The lowest BCUT2D eigenvalue weighted by atomic mass is 10.1. The average Bonchev–Trinajstić information content (AvgIpc) is 3.04. The number of benzene rings is 1. The van der Waals surface area contributed by atoms with Crippen molar-refractivity contribution in [2.24, 2.45) is 0 Å². The molecule has 1 aromatic heterocycles. The summed E-state index contributed by atoms with van der Waals surface area (Å²) in [4.78, 5) is 8.99. The number of halogens is 1. The molecule has 6 heteroatoms. The molecule has 0 bridgehead atoms. The van der Waals surface area contributed by atoms with Crippen molar-refractivity contribution in [2.75, 3.05) is 32.7 Å². The fourth-order valence-corrected chi connectivity index (χ4v) is 3.20. The van der Waals surface area contributed by atoms with Crippen LogP contribution in [0.25, 0.3) is 0 Å². The van der Waals surface area contributed by atoms with Gasteiger partial charge in [-0.2, -0.15) is 0 Å². The smallest absolute Gasteiger partial charge is 0.129 e. The second-order valence-electron chi connectivity index (χ2n) is 6.24. The summed E-state index contributed by atoms with van der Waals surface area (Å²) in [5.41, 5.74) is 0.380. The predicted molar refractivity (Wildman–Crippen MR) is 91.0 cm³/mol. The van der Waals surface area contributed by atoms with E-state index in [1.165, 1.54) is 6.07 Å². The SMILES string of the molecule is CCn1ccnc1CN1CCN(C[C@H](O)c2ccccc2F)CC1. The van der Waals surface area contributed by atoms with Crippen LogP contribution >= 0.6 is 0 Å². The summed E-state index contributed by atoms with van der Waals surface area (Å²) in [6.07, 6.45) is 3.08. The Bertz CT molecular complexity index is 652. The molecule has 0 spiro atoms. The number of β-amino-alcohol motifs (C(OH)–C–C–N with tert-alkyl or cyclic N) is 1. The van der Waals surface area contributed by atoms with Crippen molar-refractivity contribution in [3.8, 4) is 0 Å². The van der Waals surface area contributed by atoms with Gasteiger partial charge in [-0.25, -0.2) is 9.37 Å². The highest BCUT2D eigenvalue weighted by molar-refractivity contribution is 5.20. The third kappa shape index (κ3) is 4.01. The zero-order valence-corrected chi connectivity index (χ0v) is 14.1. The number of aliphatic hydroxyl groups is 1. The van der Waals surface area contributed by atoms with Crippen LogP contribution in [0.1, 0.15) is 24.4 Å². The number of nitrogens with zero attached hydrogens (tertiary/aromatic N) is 4. The number of hydrogen-bond donors (Lipinski definition) is 1. The van der Waals surface area contributed by atoms with Gasteiger partial charge in [-0.3, -0.25) is 9.80 Å². The van der Waals surface area contributed by atoms with Gasteiger partial charge in [-0.05, 0) is 13.0 Å². The molecule has 1 N–H and O–H groups in total. The van der Waals surface area contributed by atoms with E-state index in [4.69, 9.17) is 0 Å². The van der Waals surface area contributed by atoms with Crippen molar-refractivity contribution in [2.45, 2.75) is 26.1 Å². The van der Waals surface area contributed by atoms with Gasteiger partial charge in [0.25, 0.3) is 0 Å². The van der Waals surface area contributed by atoms with Crippen molar-refractivity contribution in [1.82, 2.24) is 19.4 Å². The van der Waals surface area contributed by atoms with Gasteiger partial charge >= 0.3 is 0 Å². The first-order valence-corrected chi connectivity index (χ1v) is 8.54. The highest BCUT2D eigenvalue weighted by Gasteiger charge is 2.22. The molecular weight excluding hydrogens is 307 g/mol. The van der Waals surface area contributed by atoms with Crippen molar-refractivity contribution in [1.29, 1.82) is 0 Å². The van der Waals surface area contributed by atoms with Crippen LogP contribution in [-0.2, 0) is 13.1 Å². The Balaban J connectivity index is 1.49. The fourth-order valence-electron chi connectivity index (χ4n) is 3.20. The Hall–Kier alpha value is -1.76. The molecule has 24 heavy (non-hydrogen) atoms. The quantitative estimate of drug-likeness (QED) is 0.877. The second-order valence-corrected chi connectivity index (χ2v) is 6.24. The fraction of sp³-hybridized carbons (Fsp3) is 0.500. The molecule has 1 aromatic carbocycles. The van der Waals surface area contributed by atoms with E-state index in [1.54, 1.807) is 18.2 Å². The second kappa shape index (κ2) is 7.88. The molecule has 0 unspecified atom stereocenters. The first-order chi connectivity index (χ1) is 11.7. The summed E-state index contributed by atoms with van der Waals surface area (Å²) < 4.78 is 15.9. The number of rotatable bonds is 6. The molecule has 130 valence electrons. The Morgan fingerprint density at radius 1 is 1.17 bits per heavy atom. The molecule has 2 heterocycles. The van der Waals surface area contributed by atoms with E-state index in [0.717, 1.165) is 45.1 Å². The highest BCUT2D eigenvalue weighted by Crippen LogP contribution is 2.18. The zero-order valence-electron chi connectivity index (χ0n) is 14.1. The van der Waals surface area contributed by atoms with Gasteiger partial charge in [0, 0.05) is 57.2 Å². The van der Waals surface area contributed by atoms with Crippen LogP contribution in [0.15, 0.2) is 36.7 Å². The number of aliphatic hydroxyl groups excluding tert-OH is 1. The standard InChI is InChI=1S/C18H25FN4O/c1-2-23-8-7-20-18(23)14-22-11-9-21(10-12-22)13-17(24)15-5-3-4-6-16(15)19/h3-8,17,24H,2,9-14H2,1H3/t17-/m0/s1. The summed E-state index contributed by atoms with van der Waals surface area (Å²) >= 11 is 0. The Morgan fingerprint density at radius 2 is 1.88 bits per heavy atom. The topological polar surface area (TPSA) is 44.5 Å². The van der Waals surface area contributed by atoms with Gasteiger partial charge in [0.15, 0.2) is 0 Å². The molecule has 1 aliphatic rings. The summed E-state index contributed by atoms with van der Waals surface area (Å²) in [5, 5.41) is 10.3. The molecule has 0 amide bonds. The average molecular weight is 332 g/mol. The van der Waals surface area contributed by atoms with Crippen molar-refractivity contribution in [3.05, 3.63) is 53.9 Å². The maximum Gasteiger partial charge on any atom is 0.129 e. The van der Waals surface area contributed by atoms with Crippen LogP contribution in [0.4, 0.5) is 4.39 Å². The molecule has 3 rings (SSSR count). The summed E-state index contributed by atoms with van der Waals surface area (Å²) in [6, 6.07) is 6.45. The van der Waals surface area contributed by atoms with Gasteiger partial charge in [-0.15, -0.1) is 0 Å². The molecular formula is C18H25FN4O. The first kappa shape index (κ1) is 17.1. The summed E-state index contributed by atoms with van der Waals surface area (Å²) in [5.74, 6) is 0.757. The Morgan fingerprint density at radius 3 is 2.58 bits per heavy atom. The molecule has 0 saturated carbocycles. The number of aromatic nitrogens is 2. The lowest BCUT2D eigenvalue weighted by Gasteiger charge is -2.35. The van der Waals surface area contributed by atoms with Crippen LogP contribution in [0.5, 0.6) is 0 Å². The molecule has 1 saturated heterocycles. The van der Waals surface area contributed by atoms with Gasteiger partial charge in [0.2, 0.25) is 0 Å². The maximum atomic E-state index is 13.7. The monoisotopic (exact) mass is 332 g/mol. The minimum atomic E-state index is -0.781. The molecule has 1 fully saturated rings. The van der Waals surface area contributed by atoms with E-state index < -0.39 is 6.10 Å². The summed E-state index contributed by atoms with van der Waals surface area (Å²) in [7, 11) is 0. The van der Waals surface area contributed by atoms with Gasteiger partial charge in [0.1, 0.15) is 11.6 Å². The van der Waals surface area contributed by atoms with Crippen LogP contribution in [-0.4, -0.2) is 57.2 Å². The zero-order chi connectivity index (χ0) is 16.9. The lowest BCUT2D eigenvalue weighted by Crippen LogP contribution is -2.47. The van der Waals surface area contributed by atoms with Crippen LogP contribution in [0.3, 0.4) is 0 Å². The molecule has 5 nitrogen and oxygen atoms in total. The predicted octanol–water partition coefficient (Wildman–Crippen LogP) is 1.89. The number of imidazole rings is 1. The highest BCUT2D eigenvalue weighted by atomic mass is 19.1. The number of aryl methyl sites for hydroxylation is 1. The first-order valence-electron chi connectivity index (χ1n) is 8.54. The third-order valence-corrected chi connectivity index (χ3v) is 4.67.